The lowest BCUT2D eigenvalue weighted by molar-refractivity contribution is -0.112. The van der Waals surface area contributed by atoms with Crippen molar-refractivity contribution >= 4 is 28.1 Å². The Morgan fingerprint density at radius 2 is 2.50 bits per heavy atom. The van der Waals surface area contributed by atoms with Gasteiger partial charge in [0.05, 0.1) is 0 Å². The first kappa shape index (κ1) is 10.9. The zero-order valence-electron chi connectivity index (χ0n) is 8.47. The van der Waals surface area contributed by atoms with Crippen molar-refractivity contribution in [3.8, 4) is 0 Å². The Morgan fingerprint density at radius 1 is 1.75 bits per heavy atom. The third-order valence-electron chi connectivity index (χ3n) is 2.14. The van der Waals surface area contributed by atoms with Crippen molar-refractivity contribution in [2.24, 2.45) is 11.1 Å². The first-order valence-corrected chi connectivity index (χ1v) is 5.72. The van der Waals surface area contributed by atoms with Gasteiger partial charge in [0.2, 0.25) is 0 Å². The average molecular weight is 239 g/mol. The van der Waals surface area contributed by atoms with E-state index >= 15 is 0 Å². The molecule has 1 saturated carbocycles. The van der Waals surface area contributed by atoms with Crippen molar-refractivity contribution in [1.29, 1.82) is 0 Å². The second kappa shape index (κ2) is 4.48. The zero-order valence-corrected chi connectivity index (χ0v) is 9.29. The summed E-state index contributed by atoms with van der Waals surface area (Å²) in [5.74, 6) is -0.368. The number of aromatic nitrogens is 1. The molecule has 0 aliphatic heterocycles. The molecule has 2 rings (SSSR count). The Labute approximate surface area is 96.3 Å². The van der Waals surface area contributed by atoms with Crippen LogP contribution < -0.4 is 11.5 Å². The maximum Gasteiger partial charge on any atom is 0.294 e. The fourth-order valence-electron chi connectivity index (χ4n) is 1.09. The molecule has 85 valence electrons. The predicted molar refractivity (Wildman–Crippen MR) is 59.8 cm³/mol. The molecule has 1 radical (unpaired) electrons. The average Bonchev–Trinajstić information content (AvgIpc) is 2.95. The van der Waals surface area contributed by atoms with E-state index in [4.69, 9.17) is 16.3 Å². The van der Waals surface area contributed by atoms with Crippen molar-refractivity contribution in [3.05, 3.63) is 11.1 Å². The van der Waals surface area contributed by atoms with Gasteiger partial charge >= 0.3 is 0 Å². The molecule has 1 aromatic heterocycles. The van der Waals surface area contributed by atoms with Gasteiger partial charge in [0.25, 0.3) is 5.91 Å². The standard InChI is InChI=1S/C9H11N4O2S/c10-8(14)7(6-4-16-9(11)12-6)13-15-3-5-1-2-5/h4-5,10H,1-3H2,(H2,11,12)/b13-7+. The van der Waals surface area contributed by atoms with Crippen LogP contribution in [0, 0.1) is 5.92 Å². The monoisotopic (exact) mass is 239 g/mol. The van der Waals surface area contributed by atoms with Crippen molar-refractivity contribution in [2.45, 2.75) is 12.8 Å². The Kier molecular flexibility index (Phi) is 3.04. The second-order valence-corrected chi connectivity index (χ2v) is 4.47. The van der Waals surface area contributed by atoms with E-state index in [9.17, 15) is 4.79 Å². The molecular formula is C9H11N4O2S. The van der Waals surface area contributed by atoms with E-state index in [0.29, 0.717) is 23.4 Å². The molecule has 1 aliphatic carbocycles. The molecule has 1 fully saturated rings. The summed E-state index contributed by atoms with van der Waals surface area (Å²) in [7, 11) is 0. The van der Waals surface area contributed by atoms with Crippen molar-refractivity contribution in [3.63, 3.8) is 0 Å². The van der Waals surface area contributed by atoms with Gasteiger partial charge in [-0.05, 0) is 18.8 Å². The van der Waals surface area contributed by atoms with Gasteiger partial charge in [0.15, 0.2) is 10.8 Å². The summed E-state index contributed by atoms with van der Waals surface area (Å²) >= 11 is 1.20. The lowest BCUT2D eigenvalue weighted by Gasteiger charge is -1.99. The Balaban J connectivity index is 2.06. The first-order chi connectivity index (χ1) is 7.66. The number of thiazole rings is 1. The molecule has 7 heteroatoms. The van der Waals surface area contributed by atoms with Gasteiger partial charge in [0.1, 0.15) is 12.3 Å². The van der Waals surface area contributed by atoms with E-state index in [2.05, 4.69) is 10.1 Å². The molecule has 3 N–H and O–H groups in total. The number of rotatable bonds is 5. The third kappa shape index (κ3) is 2.69. The molecule has 16 heavy (non-hydrogen) atoms. The predicted octanol–water partition coefficient (Wildman–Crippen LogP) is 0.666. The van der Waals surface area contributed by atoms with Gasteiger partial charge < -0.3 is 10.6 Å². The highest BCUT2D eigenvalue weighted by Gasteiger charge is 2.22. The molecule has 1 aromatic rings. The van der Waals surface area contributed by atoms with E-state index < -0.39 is 5.91 Å². The quantitative estimate of drug-likeness (QED) is 0.602. The van der Waals surface area contributed by atoms with Gasteiger partial charge in [-0.25, -0.2) is 4.98 Å². The molecule has 0 bridgehead atoms. The van der Waals surface area contributed by atoms with Gasteiger partial charge in [-0.1, -0.05) is 5.16 Å². The summed E-state index contributed by atoms with van der Waals surface area (Å²) < 4.78 is 0. The number of anilines is 1. The smallest absolute Gasteiger partial charge is 0.294 e. The number of hydrogen-bond acceptors (Lipinski definition) is 6. The summed E-state index contributed by atoms with van der Waals surface area (Å²) in [5.41, 5.74) is 12.7. The minimum absolute atomic E-state index is 0.0893. The van der Waals surface area contributed by atoms with Crippen molar-refractivity contribution < 1.29 is 9.63 Å². The lowest BCUT2D eigenvalue weighted by atomic mass is 10.3. The van der Waals surface area contributed by atoms with Crippen LogP contribution in [0.1, 0.15) is 18.5 Å². The van der Waals surface area contributed by atoms with Crippen LogP contribution in [0.4, 0.5) is 5.13 Å². The van der Waals surface area contributed by atoms with Crippen molar-refractivity contribution in [1.82, 2.24) is 10.7 Å². The molecule has 0 saturated heterocycles. The van der Waals surface area contributed by atoms with Crippen LogP contribution in [0.25, 0.3) is 0 Å². The number of nitrogens with two attached hydrogens (primary N) is 1. The van der Waals surface area contributed by atoms with Gasteiger partial charge in [-0.15, -0.1) is 11.3 Å². The third-order valence-corrected chi connectivity index (χ3v) is 2.82. The number of oxime groups is 1. The lowest BCUT2D eigenvalue weighted by Crippen LogP contribution is -2.17. The summed E-state index contributed by atoms with van der Waals surface area (Å²) in [5, 5.41) is 5.58. The van der Waals surface area contributed by atoms with E-state index in [-0.39, 0.29) is 5.71 Å². The topological polar surface area (TPSA) is 101 Å². The minimum atomic E-state index is -0.916. The fourth-order valence-corrected chi connectivity index (χ4v) is 1.64. The van der Waals surface area contributed by atoms with Crippen LogP contribution in [0.3, 0.4) is 0 Å². The maximum atomic E-state index is 11.0. The highest BCUT2D eigenvalue weighted by molar-refractivity contribution is 7.13. The molecule has 1 heterocycles. The van der Waals surface area contributed by atoms with E-state index in [1.54, 1.807) is 5.38 Å². The van der Waals surface area contributed by atoms with Gasteiger partial charge in [-0.3, -0.25) is 10.5 Å². The van der Waals surface area contributed by atoms with E-state index in [0.717, 1.165) is 12.8 Å². The molecule has 0 spiro atoms. The largest absolute Gasteiger partial charge is 0.395 e. The fraction of sp³-hybridized carbons (Fsp3) is 0.444. The van der Waals surface area contributed by atoms with E-state index in [1.807, 2.05) is 0 Å². The molecular weight excluding hydrogens is 228 g/mol. The van der Waals surface area contributed by atoms with E-state index in [1.165, 1.54) is 11.3 Å². The first-order valence-electron chi connectivity index (χ1n) is 4.84. The normalized spacial score (nSPS) is 16.1. The Hall–Kier alpha value is -1.63. The highest BCUT2D eigenvalue weighted by Crippen LogP contribution is 2.28. The second-order valence-electron chi connectivity index (χ2n) is 3.58. The number of carbonyl (C=O) groups is 1. The SMILES string of the molecule is [NH]C(=O)/C(=N/OCC1CC1)c1csc(N)n1. The minimum Gasteiger partial charge on any atom is -0.395 e. The molecule has 1 amide bonds. The molecule has 0 aromatic carbocycles. The summed E-state index contributed by atoms with van der Waals surface area (Å²) in [6, 6.07) is 0. The van der Waals surface area contributed by atoms with Crippen LogP contribution in [0.15, 0.2) is 10.5 Å². The number of hydrogen-bond donors (Lipinski definition) is 1. The number of nitrogens with zero attached hydrogens (tertiary/aromatic N) is 2. The number of nitrogen functional groups attached to an aromatic ring is 1. The van der Waals surface area contributed by atoms with Crippen LogP contribution >= 0.6 is 11.3 Å². The van der Waals surface area contributed by atoms with Crippen LogP contribution in [-0.2, 0) is 9.63 Å². The van der Waals surface area contributed by atoms with Crippen LogP contribution in [0.5, 0.6) is 0 Å². The Morgan fingerprint density at radius 3 is 3.00 bits per heavy atom. The highest BCUT2D eigenvalue weighted by atomic mass is 32.1. The van der Waals surface area contributed by atoms with Gasteiger partial charge in [-0.2, -0.15) is 0 Å². The van der Waals surface area contributed by atoms with Crippen LogP contribution in [-0.4, -0.2) is 23.2 Å². The number of carbonyl (C=O) groups excluding carboxylic acids is 1. The summed E-state index contributed by atoms with van der Waals surface area (Å²) in [4.78, 5) is 19.9. The Bertz CT molecular complexity index is 425. The maximum absolute atomic E-state index is 11.0. The zero-order chi connectivity index (χ0) is 11.5. The molecule has 1 aliphatic rings. The van der Waals surface area contributed by atoms with Gasteiger partial charge in [0, 0.05) is 5.38 Å². The van der Waals surface area contributed by atoms with Crippen molar-refractivity contribution in [2.75, 3.05) is 12.3 Å². The number of nitrogens with one attached hydrogen (secondary N) is 1. The summed E-state index contributed by atoms with van der Waals surface area (Å²) in [6.07, 6.45) is 2.28. The summed E-state index contributed by atoms with van der Waals surface area (Å²) in [6.45, 7) is 0.496. The number of amides is 1. The molecule has 0 unspecified atom stereocenters. The molecule has 6 nitrogen and oxygen atoms in total. The van der Waals surface area contributed by atoms with Crippen LogP contribution in [0.2, 0.25) is 0 Å². The molecule has 0 atom stereocenters.